The van der Waals surface area contributed by atoms with E-state index in [-0.39, 0.29) is 5.56 Å². The molecule has 2 aromatic rings. The van der Waals surface area contributed by atoms with E-state index in [2.05, 4.69) is 10.3 Å². The highest BCUT2D eigenvalue weighted by atomic mass is 32.1. The van der Waals surface area contributed by atoms with Crippen LogP contribution < -0.4 is 16.6 Å². The number of carbonyl (C=O) groups is 3. The standard InChI is InChI=1S/C11H10N4O5S/c12-7(16)3-6(10(19)20)14-8(17)5-4-13-11-15(9(5)18)1-2-21-11/h1-2,4,6H,3H2,(H2,12,16)(H,14,17)(H,19,20). The number of hydrogen-bond acceptors (Lipinski definition) is 6. The van der Waals surface area contributed by atoms with Gasteiger partial charge in [0.15, 0.2) is 4.96 Å². The minimum Gasteiger partial charge on any atom is -0.480 e. The van der Waals surface area contributed by atoms with Gasteiger partial charge in [0, 0.05) is 17.8 Å². The number of rotatable bonds is 5. The van der Waals surface area contributed by atoms with Crippen molar-refractivity contribution in [1.29, 1.82) is 0 Å². The molecule has 1 atom stereocenters. The highest BCUT2D eigenvalue weighted by molar-refractivity contribution is 7.15. The average molecular weight is 310 g/mol. The Hall–Kier alpha value is -2.75. The van der Waals surface area contributed by atoms with E-state index in [1.54, 1.807) is 5.38 Å². The second-order valence-electron chi connectivity index (χ2n) is 4.07. The molecule has 2 heterocycles. The van der Waals surface area contributed by atoms with Crippen LogP contribution in [0.1, 0.15) is 16.8 Å². The van der Waals surface area contributed by atoms with E-state index in [1.165, 1.54) is 21.9 Å². The van der Waals surface area contributed by atoms with Crippen LogP contribution in [-0.2, 0) is 9.59 Å². The smallest absolute Gasteiger partial charge is 0.326 e. The highest BCUT2D eigenvalue weighted by Gasteiger charge is 2.24. The van der Waals surface area contributed by atoms with Crippen LogP contribution in [0.25, 0.3) is 4.96 Å². The summed E-state index contributed by atoms with van der Waals surface area (Å²) in [6.07, 6.45) is 1.94. The maximum Gasteiger partial charge on any atom is 0.326 e. The Morgan fingerprint density at radius 1 is 1.48 bits per heavy atom. The van der Waals surface area contributed by atoms with Crippen molar-refractivity contribution < 1.29 is 19.5 Å². The summed E-state index contributed by atoms with van der Waals surface area (Å²) in [6, 6.07) is -1.50. The van der Waals surface area contributed by atoms with Gasteiger partial charge < -0.3 is 16.2 Å². The zero-order valence-electron chi connectivity index (χ0n) is 10.5. The van der Waals surface area contributed by atoms with Crippen LogP contribution in [0.5, 0.6) is 0 Å². The lowest BCUT2D eigenvalue weighted by atomic mass is 10.2. The Bertz CT molecular complexity index is 780. The van der Waals surface area contributed by atoms with Crippen LogP contribution in [0.3, 0.4) is 0 Å². The molecule has 0 spiro atoms. The summed E-state index contributed by atoms with van der Waals surface area (Å²) in [5.74, 6) is -3.24. The second kappa shape index (κ2) is 5.71. The number of nitrogens with two attached hydrogens (primary N) is 1. The molecule has 2 amide bonds. The fourth-order valence-electron chi connectivity index (χ4n) is 1.62. The second-order valence-corrected chi connectivity index (χ2v) is 4.94. The van der Waals surface area contributed by atoms with Crippen molar-refractivity contribution in [2.24, 2.45) is 5.73 Å². The van der Waals surface area contributed by atoms with E-state index < -0.39 is 35.8 Å². The van der Waals surface area contributed by atoms with Gasteiger partial charge in [-0.1, -0.05) is 0 Å². The summed E-state index contributed by atoms with van der Waals surface area (Å²) in [6.45, 7) is 0. The van der Waals surface area contributed by atoms with Crippen LogP contribution in [0.4, 0.5) is 0 Å². The molecule has 10 heteroatoms. The first kappa shape index (κ1) is 14.7. The fraction of sp³-hybridized carbons (Fsp3) is 0.182. The fourth-order valence-corrected chi connectivity index (χ4v) is 2.29. The van der Waals surface area contributed by atoms with Crippen molar-refractivity contribution in [2.45, 2.75) is 12.5 Å². The predicted molar refractivity (Wildman–Crippen MR) is 72.0 cm³/mol. The Kier molecular flexibility index (Phi) is 3.98. The topological polar surface area (TPSA) is 144 Å². The zero-order chi connectivity index (χ0) is 15.6. The first-order valence-electron chi connectivity index (χ1n) is 5.67. The Morgan fingerprint density at radius 2 is 2.19 bits per heavy atom. The molecule has 0 aromatic carbocycles. The molecule has 0 fully saturated rings. The molecule has 110 valence electrons. The summed E-state index contributed by atoms with van der Waals surface area (Å²) in [4.78, 5) is 50.0. The van der Waals surface area contributed by atoms with E-state index in [1.807, 2.05) is 0 Å². The molecule has 0 saturated carbocycles. The first-order valence-corrected chi connectivity index (χ1v) is 6.55. The van der Waals surface area contributed by atoms with Crippen LogP contribution in [0.15, 0.2) is 22.6 Å². The molecule has 0 radical (unpaired) electrons. The number of carboxylic acid groups (broad SMARTS) is 1. The predicted octanol–water partition coefficient (Wildman–Crippen LogP) is -1.19. The van der Waals surface area contributed by atoms with Crippen molar-refractivity contribution in [3.05, 3.63) is 33.7 Å². The van der Waals surface area contributed by atoms with Crippen molar-refractivity contribution in [3.8, 4) is 0 Å². The number of nitrogens with zero attached hydrogens (tertiary/aromatic N) is 2. The normalized spacial score (nSPS) is 12.0. The van der Waals surface area contributed by atoms with Crippen LogP contribution in [-0.4, -0.2) is 38.3 Å². The van der Waals surface area contributed by atoms with Gasteiger partial charge in [-0.15, -0.1) is 11.3 Å². The van der Waals surface area contributed by atoms with Gasteiger partial charge >= 0.3 is 5.97 Å². The van der Waals surface area contributed by atoms with Crippen LogP contribution in [0.2, 0.25) is 0 Å². The molecule has 4 N–H and O–H groups in total. The minimum atomic E-state index is -1.50. The summed E-state index contributed by atoms with van der Waals surface area (Å²) in [5, 5.41) is 12.6. The third-order valence-electron chi connectivity index (χ3n) is 2.60. The number of carboxylic acids is 1. The number of aliphatic carboxylic acids is 1. The molecule has 1 unspecified atom stereocenters. The molecular formula is C11H10N4O5S. The van der Waals surface area contributed by atoms with Crippen LogP contribution in [0, 0.1) is 0 Å². The Balaban J connectivity index is 2.29. The lowest BCUT2D eigenvalue weighted by Gasteiger charge is -2.12. The number of primary amides is 1. The quantitative estimate of drug-likeness (QED) is 0.633. The first-order chi connectivity index (χ1) is 9.90. The van der Waals surface area contributed by atoms with Gasteiger partial charge in [0.1, 0.15) is 11.6 Å². The van der Waals surface area contributed by atoms with Crippen molar-refractivity contribution in [2.75, 3.05) is 0 Å². The van der Waals surface area contributed by atoms with E-state index in [9.17, 15) is 19.2 Å². The van der Waals surface area contributed by atoms with E-state index in [4.69, 9.17) is 10.8 Å². The van der Waals surface area contributed by atoms with Crippen molar-refractivity contribution in [3.63, 3.8) is 0 Å². The molecule has 2 aromatic heterocycles. The molecule has 0 bridgehead atoms. The lowest BCUT2D eigenvalue weighted by molar-refractivity contribution is -0.140. The van der Waals surface area contributed by atoms with Gasteiger partial charge in [-0.05, 0) is 0 Å². The molecule has 0 aliphatic carbocycles. The number of aromatic nitrogens is 2. The SMILES string of the molecule is NC(=O)CC(NC(=O)c1cnc2sccn2c1=O)C(=O)O. The monoisotopic (exact) mass is 310 g/mol. The average Bonchev–Trinajstić information content (AvgIpc) is 2.86. The third-order valence-corrected chi connectivity index (χ3v) is 3.37. The van der Waals surface area contributed by atoms with Crippen molar-refractivity contribution >= 4 is 34.1 Å². The zero-order valence-corrected chi connectivity index (χ0v) is 11.3. The number of nitrogens with one attached hydrogen (secondary N) is 1. The summed E-state index contributed by atoms with van der Waals surface area (Å²) >= 11 is 1.21. The molecular weight excluding hydrogens is 300 g/mol. The minimum absolute atomic E-state index is 0.318. The Labute approximate surface area is 121 Å². The molecule has 2 rings (SSSR count). The number of carbonyl (C=O) groups excluding carboxylic acids is 2. The lowest BCUT2D eigenvalue weighted by Crippen LogP contribution is -2.44. The number of thiazole rings is 1. The van der Waals surface area contributed by atoms with Crippen LogP contribution >= 0.6 is 11.3 Å². The van der Waals surface area contributed by atoms with Gasteiger partial charge in [-0.25, -0.2) is 9.78 Å². The largest absolute Gasteiger partial charge is 0.480 e. The number of amides is 2. The molecule has 9 nitrogen and oxygen atoms in total. The van der Waals surface area contributed by atoms with Gasteiger partial charge in [-0.2, -0.15) is 0 Å². The maximum absolute atomic E-state index is 12.0. The van der Waals surface area contributed by atoms with Gasteiger partial charge in [0.05, 0.1) is 6.42 Å². The van der Waals surface area contributed by atoms with Gasteiger partial charge in [0.25, 0.3) is 11.5 Å². The third kappa shape index (κ3) is 3.05. The molecule has 0 aliphatic heterocycles. The summed E-state index contributed by atoms with van der Waals surface area (Å²) in [7, 11) is 0. The highest BCUT2D eigenvalue weighted by Crippen LogP contribution is 2.06. The van der Waals surface area contributed by atoms with Crippen molar-refractivity contribution in [1.82, 2.24) is 14.7 Å². The molecule has 21 heavy (non-hydrogen) atoms. The Morgan fingerprint density at radius 3 is 2.81 bits per heavy atom. The molecule has 0 saturated heterocycles. The van der Waals surface area contributed by atoms with E-state index >= 15 is 0 Å². The van der Waals surface area contributed by atoms with Gasteiger partial charge in [-0.3, -0.25) is 18.8 Å². The maximum atomic E-state index is 12.0. The van der Waals surface area contributed by atoms with E-state index in [0.29, 0.717) is 4.96 Å². The summed E-state index contributed by atoms with van der Waals surface area (Å²) < 4.78 is 1.17. The van der Waals surface area contributed by atoms with E-state index in [0.717, 1.165) is 6.20 Å². The number of fused-ring (bicyclic) bond motifs is 1. The number of hydrogen-bond donors (Lipinski definition) is 3. The van der Waals surface area contributed by atoms with Gasteiger partial charge in [0.2, 0.25) is 5.91 Å². The molecule has 0 aliphatic rings. The summed E-state index contributed by atoms with van der Waals surface area (Å²) in [5.41, 5.74) is 3.96.